The Balaban J connectivity index is 0.00000280. The number of rotatable bonds is 8. The molecule has 0 atom stereocenters. The van der Waals surface area contributed by atoms with Gasteiger partial charge in [0.15, 0.2) is 11.5 Å². The second-order valence-corrected chi connectivity index (χ2v) is 6.81. The van der Waals surface area contributed by atoms with Gasteiger partial charge in [-0.05, 0) is 31.0 Å². The van der Waals surface area contributed by atoms with E-state index < -0.39 is 0 Å². The highest BCUT2D eigenvalue weighted by atomic mass is 35.5. The van der Waals surface area contributed by atoms with Gasteiger partial charge in [0.2, 0.25) is 0 Å². The fourth-order valence-electron chi connectivity index (χ4n) is 2.91. The van der Waals surface area contributed by atoms with Gasteiger partial charge < -0.3 is 14.8 Å². The van der Waals surface area contributed by atoms with Crippen molar-refractivity contribution in [2.24, 2.45) is 0 Å². The van der Waals surface area contributed by atoms with Gasteiger partial charge in [-0.3, -0.25) is 0 Å². The highest BCUT2D eigenvalue weighted by Gasteiger charge is 2.11. The number of benzene rings is 3. The van der Waals surface area contributed by atoms with Crippen molar-refractivity contribution in [3.05, 3.63) is 94.5 Å². The molecule has 0 radical (unpaired) electrons. The predicted molar refractivity (Wildman–Crippen MR) is 117 cm³/mol. The van der Waals surface area contributed by atoms with Gasteiger partial charge in [0.1, 0.15) is 6.61 Å². The maximum atomic E-state index is 6.14. The Morgan fingerprint density at radius 1 is 0.750 bits per heavy atom. The number of halogens is 1. The standard InChI is InChI=1S/C24H27NO2.ClH/c1-18-7-11-20(12-8-18)15-25-16-22-5-4-6-23(26-3)24(22)27-17-21-13-9-19(2)10-14-21;/h4-14,25H,15-17H2,1-3H3;1H. The molecule has 0 aliphatic rings. The quantitative estimate of drug-likeness (QED) is 0.536. The van der Waals surface area contributed by atoms with Crippen molar-refractivity contribution in [1.82, 2.24) is 5.32 Å². The molecular weight excluding hydrogens is 370 g/mol. The summed E-state index contributed by atoms with van der Waals surface area (Å²) in [6, 6.07) is 23.0. The van der Waals surface area contributed by atoms with E-state index in [2.05, 4.69) is 73.8 Å². The Bertz CT molecular complexity index is 861. The number of nitrogens with one attached hydrogen (secondary N) is 1. The summed E-state index contributed by atoms with van der Waals surface area (Å²) in [6.07, 6.45) is 0. The van der Waals surface area contributed by atoms with E-state index in [1.54, 1.807) is 7.11 Å². The summed E-state index contributed by atoms with van der Waals surface area (Å²) in [7, 11) is 1.68. The fraction of sp³-hybridized carbons (Fsp3) is 0.250. The summed E-state index contributed by atoms with van der Waals surface area (Å²) in [5, 5.41) is 3.50. The van der Waals surface area contributed by atoms with Crippen LogP contribution in [-0.2, 0) is 19.7 Å². The Kier molecular flexibility index (Phi) is 8.37. The minimum atomic E-state index is 0. The summed E-state index contributed by atoms with van der Waals surface area (Å²) in [4.78, 5) is 0. The summed E-state index contributed by atoms with van der Waals surface area (Å²) in [5.41, 5.74) is 6.03. The largest absolute Gasteiger partial charge is 0.493 e. The molecular formula is C24H28ClNO2. The Morgan fingerprint density at radius 3 is 1.96 bits per heavy atom. The van der Waals surface area contributed by atoms with E-state index in [1.165, 1.54) is 16.7 Å². The molecule has 0 aliphatic heterocycles. The molecule has 0 saturated carbocycles. The van der Waals surface area contributed by atoms with E-state index in [0.717, 1.165) is 29.2 Å². The Hall–Kier alpha value is -2.49. The zero-order valence-corrected chi connectivity index (χ0v) is 17.5. The van der Waals surface area contributed by atoms with Crippen LogP contribution in [0, 0.1) is 13.8 Å². The van der Waals surface area contributed by atoms with Crippen LogP contribution in [0.15, 0.2) is 66.7 Å². The Labute approximate surface area is 174 Å². The van der Waals surface area contributed by atoms with Gasteiger partial charge in [-0.15, -0.1) is 12.4 Å². The molecule has 1 N–H and O–H groups in total. The fourth-order valence-corrected chi connectivity index (χ4v) is 2.91. The minimum absolute atomic E-state index is 0. The molecule has 3 nitrogen and oxygen atoms in total. The van der Waals surface area contributed by atoms with E-state index in [-0.39, 0.29) is 12.4 Å². The van der Waals surface area contributed by atoms with Gasteiger partial charge in [-0.1, -0.05) is 71.8 Å². The lowest BCUT2D eigenvalue weighted by Gasteiger charge is -2.16. The molecule has 0 fully saturated rings. The first kappa shape index (κ1) is 21.8. The molecule has 148 valence electrons. The van der Waals surface area contributed by atoms with Gasteiger partial charge in [-0.25, -0.2) is 0 Å². The Morgan fingerprint density at radius 2 is 1.36 bits per heavy atom. The van der Waals surface area contributed by atoms with Crippen LogP contribution in [0.4, 0.5) is 0 Å². The normalized spacial score (nSPS) is 10.2. The van der Waals surface area contributed by atoms with Crippen LogP contribution in [0.1, 0.15) is 27.8 Å². The number of para-hydroxylation sites is 1. The molecule has 3 aromatic rings. The number of hydrogen-bond donors (Lipinski definition) is 1. The average Bonchev–Trinajstić information content (AvgIpc) is 2.69. The number of aryl methyl sites for hydroxylation is 2. The van der Waals surface area contributed by atoms with Gasteiger partial charge in [0, 0.05) is 18.7 Å². The summed E-state index contributed by atoms with van der Waals surface area (Å²) >= 11 is 0. The number of methoxy groups -OCH3 is 1. The molecule has 3 aromatic carbocycles. The van der Waals surface area contributed by atoms with Crippen molar-refractivity contribution < 1.29 is 9.47 Å². The van der Waals surface area contributed by atoms with Crippen LogP contribution < -0.4 is 14.8 Å². The zero-order valence-electron chi connectivity index (χ0n) is 16.7. The van der Waals surface area contributed by atoms with E-state index in [9.17, 15) is 0 Å². The SMILES string of the molecule is COc1cccc(CNCc2ccc(C)cc2)c1OCc1ccc(C)cc1.Cl. The van der Waals surface area contributed by atoms with E-state index >= 15 is 0 Å². The first-order valence-corrected chi connectivity index (χ1v) is 9.26. The van der Waals surface area contributed by atoms with Crippen molar-refractivity contribution >= 4 is 12.4 Å². The first-order valence-electron chi connectivity index (χ1n) is 9.26. The van der Waals surface area contributed by atoms with Crippen LogP contribution in [0.2, 0.25) is 0 Å². The van der Waals surface area contributed by atoms with Crippen LogP contribution in [0.3, 0.4) is 0 Å². The molecule has 28 heavy (non-hydrogen) atoms. The summed E-state index contributed by atoms with van der Waals surface area (Å²) in [6.45, 7) is 6.24. The van der Waals surface area contributed by atoms with Crippen molar-refractivity contribution in [1.29, 1.82) is 0 Å². The van der Waals surface area contributed by atoms with Crippen molar-refractivity contribution in [3.63, 3.8) is 0 Å². The molecule has 4 heteroatoms. The molecule has 0 bridgehead atoms. The van der Waals surface area contributed by atoms with Crippen molar-refractivity contribution in [3.8, 4) is 11.5 Å². The number of ether oxygens (including phenoxy) is 2. The van der Waals surface area contributed by atoms with Crippen LogP contribution in [0.5, 0.6) is 11.5 Å². The van der Waals surface area contributed by atoms with Gasteiger partial charge in [0.05, 0.1) is 7.11 Å². The third-order valence-corrected chi connectivity index (χ3v) is 4.55. The smallest absolute Gasteiger partial charge is 0.166 e. The van der Waals surface area contributed by atoms with E-state index in [4.69, 9.17) is 9.47 Å². The predicted octanol–water partition coefficient (Wildman–Crippen LogP) is 5.60. The number of hydrogen-bond acceptors (Lipinski definition) is 3. The van der Waals surface area contributed by atoms with Crippen LogP contribution >= 0.6 is 12.4 Å². The highest BCUT2D eigenvalue weighted by Crippen LogP contribution is 2.32. The lowest BCUT2D eigenvalue weighted by molar-refractivity contribution is 0.280. The third-order valence-electron chi connectivity index (χ3n) is 4.55. The molecule has 0 unspecified atom stereocenters. The summed E-state index contributed by atoms with van der Waals surface area (Å²) in [5.74, 6) is 1.56. The zero-order chi connectivity index (χ0) is 19.1. The van der Waals surface area contributed by atoms with Gasteiger partial charge in [0.25, 0.3) is 0 Å². The lowest BCUT2D eigenvalue weighted by atomic mass is 10.1. The average molecular weight is 398 g/mol. The van der Waals surface area contributed by atoms with E-state index in [1.807, 2.05) is 12.1 Å². The summed E-state index contributed by atoms with van der Waals surface area (Å²) < 4.78 is 11.7. The van der Waals surface area contributed by atoms with Crippen LogP contribution in [-0.4, -0.2) is 7.11 Å². The first-order chi connectivity index (χ1) is 13.2. The molecule has 0 heterocycles. The van der Waals surface area contributed by atoms with E-state index in [0.29, 0.717) is 13.2 Å². The monoisotopic (exact) mass is 397 g/mol. The minimum Gasteiger partial charge on any atom is -0.493 e. The molecule has 0 aromatic heterocycles. The molecule has 3 rings (SSSR count). The van der Waals surface area contributed by atoms with Gasteiger partial charge in [-0.2, -0.15) is 0 Å². The molecule has 0 saturated heterocycles. The van der Waals surface area contributed by atoms with Gasteiger partial charge >= 0.3 is 0 Å². The van der Waals surface area contributed by atoms with Crippen molar-refractivity contribution in [2.75, 3.05) is 7.11 Å². The lowest BCUT2D eigenvalue weighted by Crippen LogP contribution is -2.14. The topological polar surface area (TPSA) is 30.5 Å². The maximum Gasteiger partial charge on any atom is 0.166 e. The molecule has 0 spiro atoms. The maximum absolute atomic E-state index is 6.14. The highest BCUT2D eigenvalue weighted by molar-refractivity contribution is 5.85. The molecule has 0 amide bonds. The third kappa shape index (κ3) is 6.01. The molecule has 0 aliphatic carbocycles. The van der Waals surface area contributed by atoms with Crippen LogP contribution in [0.25, 0.3) is 0 Å². The van der Waals surface area contributed by atoms with Crippen molar-refractivity contribution in [2.45, 2.75) is 33.5 Å². The second-order valence-electron chi connectivity index (χ2n) is 6.81. The second kappa shape index (κ2) is 10.7.